The third-order valence-corrected chi connectivity index (χ3v) is 3.04. The van der Waals surface area contributed by atoms with Gasteiger partial charge in [-0.2, -0.15) is 0 Å². The van der Waals surface area contributed by atoms with Gasteiger partial charge in [-0.1, -0.05) is 0 Å². The van der Waals surface area contributed by atoms with Crippen LogP contribution >= 0.6 is 0 Å². The number of nitro groups is 1. The van der Waals surface area contributed by atoms with Crippen LogP contribution in [0.2, 0.25) is 0 Å². The molecule has 1 amide bonds. The molecular weight excluding hydrogens is 255 g/mol. The van der Waals surface area contributed by atoms with Crippen LogP contribution in [0.3, 0.4) is 0 Å². The highest BCUT2D eigenvalue weighted by molar-refractivity contribution is 5.98. The van der Waals surface area contributed by atoms with Gasteiger partial charge in [-0.15, -0.1) is 0 Å². The van der Waals surface area contributed by atoms with Crippen LogP contribution < -0.4 is 5.32 Å². The second-order valence-corrected chi connectivity index (χ2v) is 4.53. The number of nitrogens with zero attached hydrogens (tertiary/aromatic N) is 1. The summed E-state index contributed by atoms with van der Waals surface area (Å²) in [7, 11) is 0. The molecule has 6 nitrogen and oxygen atoms in total. The average Bonchev–Trinajstić information content (AvgIpc) is 3.19. The number of rotatable bonds is 5. The van der Waals surface area contributed by atoms with E-state index in [-0.39, 0.29) is 18.0 Å². The number of benzene rings is 1. The predicted molar refractivity (Wildman–Crippen MR) is 64.1 cm³/mol. The van der Waals surface area contributed by atoms with E-state index in [4.69, 9.17) is 0 Å². The Balaban J connectivity index is 2.08. The summed E-state index contributed by atoms with van der Waals surface area (Å²) < 4.78 is 13.1. The first-order chi connectivity index (χ1) is 8.99. The Kier molecular flexibility index (Phi) is 3.75. The minimum atomic E-state index is -0.758. The van der Waals surface area contributed by atoms with Crippen LogP contribution in [-0.2, 0) is 0 Å². The van der Waals surface area contributed by atoms with Crippen molar-refractivity contribution in [3.8, 4) is 0 Å². The third kappa shape index (κ3) is 3.25. The van der Waals surface area contributed by atoms with E-state index in [1.54, 1.807) is 0 Å². The van der Waals surface area contributed by atoms with Gasteiger partial charge in [0.25, 0.3) is 11.6 Å². The van der Waals surface area contributed by atoms with E-state index >= 15 is 0 Å². The summed E-state index contributed by atoms with van der Waals surface area (Å²) >= 11 is 0. The van der Waals surface area contributed by atoms with Gasteiger partial charge in [-0.3, -0.25) is 14.9 Å². The first-order valence-corrected chi connectivity index (χ1v) is 5.89. The topological polar surface area (TPSA) is 92.5 Å². The molecule has 19 heavy (non-hydrogen) atoms. The molecule has 0 saturated heterocycles. The molecule has 1 aliphatic carbocycles. The summed E-state index contributed by atoms with van der Waals surface area (Å²) in [4.78, 5) is 21.8. The molecule has 7 heteroatoms. The van der Waals surface area contributed by atoms with E-state index < -0.39 is 28.4 Å². The maximum absolute atomic E-state index is 13.1. The lowest BCUT2D eigenvalue weighted by atomic mass is 10.1. The molecule has 102 valence electrons. The Morgan fingerprint density at radius 1 is 1.58 bits per heavy atom. The number of amides is 1. The quantitative estimate of drug-likeness (QED) is 0.620. The molecule has 0 radical (unpaired) electrons. The molecule has 1 aromatic rings. The van der Waals surface area contributed by atoms with Crippen molar-refractivity contribution in [3.63, 3.8) is 0 Å². The van der Waals surface area contributed by atoms with Crippen molar-refractivity contribution < 1.29 is 19.2 Å². The largest absolute Gasteiger partial charge is 0.391 e. The van der Waals surface area contributed by atoms with Crippen molar-refractivity contribution >= 4 is 11.6 Å². The van der Waals surface area contributed by atoms with Gasteiger partial charge in [0.1, 0.15) is 11.4 Å². The number of hydrogen-bond acceptors (Lipinski definition) is 4. The number of halogens is 1. The second kappa shape index (κ2) is 5.31. The number of carbonyl (C=O) groups is 1. The summed E-state index contributed by atoms with van der Waals surface area (Å²) in [5.74, 6) is -1.30. The standard InChI is InChI=1S/C12H13FN2O4/c13-8-3-4-10(15(18)19)9(5-8)12(17)14-6-11(16)7-1-2-7/h3-5,7,11,16H,1-2,6H2,(H,14,17). The van der Waals surface area contributed by atoms with Gasteiger partial charge in [0.05, 0.1) is 11.0 Å². The lowest BCUT2D eigenvalue weighted by Crippen LogP contribution is -2.33. The molecule has 1 aromatic carbocycles. The molecule has 1 fully saturated rings. The molecule has 0 bridgehead atoms. The number of hydrogen-bond donors (Lipinski definition) is 2. The molecule has 1 unspecified atom stereocenters. The van der Waals surface area contributed by atoms with Crippen LogP contribution in [0.1, 0.15) is 23.2 Å². The first-order valence-electron chi connectivity index (χ1n) is 5.89. The van der Waals surface area contributed by atoms with Gasteiger partial charge in [0.15, 0.2) is 0 Å². The van der Waals surface area contributed by atoms with Gasteiger partial charge in [-0.25, -0.2) is 4.39 Å². The number of carbonyl (C=O) groups excluding carboxylic acids is 1. The fourth-order valence-electron chi connectivity index (χ4n) is 1.79. The number of aliphatic hydroxyl groups excluding tert-OH is 1. The molecule has 1 aliphatic rings. The minimum absolute atomic E-state index is 0.0111. The molecule has 2 rings (SSSR count). The molecular formula is C12H13FN2O4. The molecule has 0 heterocycles. The van der Waals surface area contributed by atoms with Crippen LogP contribution in [0, 0.1) is 21.8 Å². The van der Waals surface area contributed by atoms with Gasteiger partial charge < -0.3 is 10.4 Å². The Labute approximate surface area is 108 Å². The molecule has 1 saturated carbocycles. The number of nitrogens with one attached hydrogen (secondary N) is 1. The third-order valence-electron chi connectivity index (χ3n) is 3.04. The Hall–Kier alpha value is -2.02. The maximum Gasteiger partial charge on any atom is 0.282 e. The zero-order valence-electron chi connectivity index (χ0n) is 10.0. The molecule has 2 N–H and O–H groups in total. The normalized spacial score (nSPS) is 15.9. The van der Waals surface area contributed by atoms with E-state index in [0.29, 0.717) is 0 Å². The molecule has 0 aromatic heterocycles. The zero-order valence-corrected chi connectivity index (χ0v) is 10.0. The minimum Gasteiger partial charge on any atom is -0.391 e. The van der Waals surface area contributed by atoms with Crippen molar-refractivity contribution in [1.29, 1.82) is 0 Å². The van der Waals surface area contributed by atoms with E-state index in [9.17, 15) is 24.4 Å². The van der Waals surface area contributed by atoms with E-state index in [1.165, 1.54) is 0 Å². The zero-order chi connectivity index (χ0) is 14.0. The predicted octanol–water partition coefficient (Wildman–Crippen LogP) is 1.23. The highest BCUT2D eigenvalue weighted by Gasteiger charge is 2.30. The highest BCUT2D eigenvalue weighted by atomic mass is 19.1. The maximum atomic E-state index is 13.1. The average molecular weight is 268 g/mol. The van der Waals surface area contributed by atoms with Crippen LogP contribution in [0.4, 0.5) is 10.1 Å². The Morgan fingerprint density at radius 2 is 2.26 bits per heavy atom. The Morgan fingerprint density at radius 3 is 2.84 bits per heavy atom. The van der Waals surface area contributed by atoms with E-state index in [0.717, 1.165) is 31.0 Å². The van der Waals surface area contributed by atoms with Crippen LogP contribution in [0.15, 0.2) is 18.2 Å². The number of aliphatic hydroxyl groups is 1. The van der Waals surface area contributed by atoms with Gasteiger partial charge >= 0.3 is 0 Å². The lowest BCUT2D eigenvalue weighted by Gasteiger charge is -2.10. The summed E-state index contributed by atoms with van der Waals surface area (Å²) in [5, 5.41) is 22.7. The fourth-order valence-corrected chi connectivity index (χ4v) is 1.79. The SMILES string of the molecule is O=C(NCC(O)C1CC1)c1cc(F)ccc1[N+](=O)[O-]. The van der Waals surface area contributed by atoms with Crippen molar-refractivity contribution in [2.45, 2.75) is 18.9 Å². The monoisotopic (exact) mass is 268 g/mol. The van der Waals surface area contributed by atoms with Crippen LogP contribution in [-0.4, -0.2) is 28.6 Å². The first kappa shape index (κ1) is 13.4. The van der Waals surface area contributed by atoms with Crippen LogP contribution in [0.5, 0.6) is 0 Å². The van der Waals surface area contributed by atoms with Crippen molar-refractivity contribution in [2.75, 3.05) is 6.54 Å². The van der Waals surface area contributed by atoms with E-state index in [2.05, 4.69) is 5.32 Å². The van der Waals surface area contributed by atoms with Crippen molar-refractivity contribution in [1.82, 2.24) is 5.32 Å². The van der Waals surface area contributed by atoms with E-state index in [1.807, 2.05) is 0 Å². The Bertz CT molecular complexity index is 516. The lowest BCUT2D eigenvalue weighted by molar-refractivity contribution is -0.385. The summed E-state index contributed by atoms with van der Waals surface area (Å²) in [6.45, 7) is 0.0111. The highest BCUT2D eigenvalue weighted by Crippen LogP contribution is 2.32. The van der Waals surface area contributed by atoms with Crippen molar-refractivity contribution in [2.24, 2.45) is 5.92 Å². The second-order valence-electron chi connectivity index (χ2n) is 4.53. The fraction of sp³-hybridized carbons (Fsp3) is 0.417. The van der Waals surface area contributed by atoms with Gasteiger partial charge in [0.2, 0.25) is 0 Å². The summed E-state index contributed by atoms with van der Waals surface area (Å²) in [6.07, 6.45) is 1.17. The van der Waals surface area contributed by atoms with Crippen LogP contribution in [0.25, 0.3) is 0 Å². The van der Waals surface area contributed by atoms with Gasteiger partial charge in [-0.05, 0) is 30.9 Å². The number of nitro benzene ring substituents is 1. The van der Waals surface area contributed by atoms with Gasteiger partial charge in [0, 0.05) is 12.6 Å². The molecule has 0 spiro atoms. The molecule has 1 atom stereocenters. The molecule has 0 aliphatic heterocycles. The van der Waals surface area contributed by atoms with Crippen molar-refractivity contribution in [3.05, 3.63) is 39.7 Å². The smallest absolute Gasteiger partial charge is 0.282 e. The summed E-state index contributed by atoms with van der Waals surface area (Å²) in [6, 6.07) is 2.69. The summed E-state index contributed by atoms with van der Waals surface area (Å²) in [5.41, 5.74) is -0.798.